The highest BCUT2D eigenvalue weighted by molar-refractivity contribution is 9.10. The van der Waals surface area contributed by atoms with Crippen molar-refractivity contribution in [1.82, 2.24) is 15.1 Å². The number of hydrogen-bond donors (Lipinski definition) is 1. The highest BCUT2D eigenvalue weighted by Crippen LogP contribution is 2.24. The van der Waals surface area contributed by atoms with E-state index in [1.165, 1.54) is 12.3 Å². The number of rotatable bonds is 2. The summed E-state index contributed by atoms with van der Waals surface area (Å²) >= 11 is 3.37. The van der Waals surface area contributed by atoms with Crippen LogP contribution < -0.4 is 0 Å². The molecule has 94 valence electrons. The van der Waals surface area contributed by atoms with Gasteiger partial charge in [0.15, 0.2) is 0 Å². The standard InChI is InChI=1S/C13H8BrN3O2/c14-10-3-1-8(2-4-10)12-16-13(19-17-12)9-5-11(18)7-15-6-9/h1-7,18H. The zero-order valence-electron chi connectivity index (χ0n) is 9.62. The third-order valence-electron chi connectivity index (χ3n) is 2.50. The minimum Gasteiger partial charge on any atom is -0.506 e. The predicted molar refractivity (Wildman–Crippen MR) is 72.3 cm³/mol. The first kappa shape index (κ1) is 11.9. The Morgan fingerprint density at radius 2 is 1.84 bits per heavy atom. The third-order valence-corrected chi connectivity index (χ3v) is 3.03. The van der Waals surface area contributed by atoms with Crippen LogP contribution >= 0.6 is 15.9 Å². The Kier molecular flexibility index (Phi) is 3.00. The van der Waals surface area contributed by atoms with E-state index < -0.39 is 0 Å². The maximum absolute atomic E-state index is 9.37. The van der Waals surface area contributed by atoms with Gasteiger partial charge < -0.3 is 9.63 Å². The van der Waals surface area contributed by atoms with Crippen molar-refractivity contribution in [2.45, 2.75) is 0 Å². The van der Waals surface area contributed by atoms with Crippen molar-refractivity contribution in [2.75, 3.05) is 0 Å². The average molecular weight is 318 g/mol. The van der Waals surface area contributed by atoms with E-state index >= 15 is 0 Å². The number of benzene rings is 1. The molecule has 0 spiro atoms. The highest BCUT2D eigenvalue weighted by Gasteiger charge is 2.11. The van der Waals surface area contributed by atoms with Gasteiger partial charge in [0, 0.05) is 16.2 Å². The molecule has 0 atom stereocenters. The second kappa shape index (κ2) is 4.81. The van der Waals surface area contributed by atoms with Gasteiger partial charge in [-0.25, -0.2) is 0 Å². The maximum Gasteiger partial charge on any atom is 0.259 e. The van der Waals surface area contributed by atoms with Crippen LogP contribution in [-0.2, 0) is 0 Å². The van der Waals surface area contributed by atoms with Gasteiger partial charge in [0.25, 0.3) is 5.89 Å². The highest BCUT2D eigenvalue weighted by atomic mass is 79.9. The largest absolute Gasteiger partial charge is 0.506 e. The zero-order valence-corrected chi connectivity index (χ0v) is 11.2. The molecule has 2 aromatic heterocycles. The summed E-state index contributed by atoms with van der Waals surface area (Å²) in [6.45, 7) is 0. The van der Waals surface area contributed by atoms with Gasteiger partial charge >= 0.3 is 0 Å². The summed E-state index contributed by atoms with van der Waals surface area (Å²) in [5, 5.41) is 13.3. The first-order valence-electron chi connectivity index (χ1n) is 5.46. The van der Waals surface area contributed by atoms with Crippen LogP contribution in [0.4, 0.5) is 0 Å². The molecular formula is C13H8BrN3O2. The van der Waals surface area contributed by atoms with Gasteiger partial charge in [-0.2, -0.15) is 4.98 Å². The van der Waals surface area contributed by atoms with Crippen LogP contribution in [0.1, 0.15) is 0 Å². The van der Waals surface area contributed by atoms with Gasteiger partial charge in [0.1, 0.15) is 5.75 Å². The minimum absolute atomic E-state index is 0.0564. The van der Waals surface area contributed by atoms with E-state index in [9.17, 15) is 5.11 Å². The third kappa shape index (κ3) is 2.48. The smallest absolute Gasteiger partial charge is 0.259 e. The monoisotopic (exact) mass is 317 g/mol. The number of hydrogen-bond acceptors (Lipinski definition) is 5. The molecule has 0 aliphatic rings. The number of pyridine rings is 1. The lowest BCUT2D eigenvalue weighted by Crippen LogP contribution is -1.82. The summed E-state index contributed by atoms with van der Waals surface area (Å²) in [6.07, 6.45) is 2.90. The first-order valence-corrected chi connectivity index (χ1v) is 6.26. The van der Waals surface area contributed by atoms with Crippen molar-refractivity contribution in [3.63, 3.8) is 0 Å². The summed E-state index contributed by atoms with van der Waals surface area (Å²) in [5.41, 5.74) is 1.43. The maximum atomic E-state index is 9.37. The van der Waals surface area contributed by atoms with Gasteiger partial charge in [-0.3, -0.25) is 4.98 Å². The molecule has 0 amide bonds. The van der Waals surface area contributed by atoms with Crippen LogP contribution in [0.15, 0.2) is 51.7 Å². The van der Waals surface area contributed by atoms with E-state index in [0.29, 0.717) is 17.3 Å². The Bertz CT molecular complexity index is 710. The van der Waals surface area contributed by atoms with Gasteiger partial charge in [-0.1, -0.05) is 21.1 Å². The predicted octanol–water partition coefficient (Wildman–Crippen LogP) is 3.27. The Morgan fingerprint density at radius 1 is 1.05 bits per heavy atom. The van der Waals surface area contributed by atoms with Gasteiger partial charge in [-0.15, -0.1) is 0 Å². The Morgan fingerprint density at radius 3 is 2.58 bits per heavy atom. The molecule has 3 rings (SSSR count). The van der Waals surface area contributed by atoms with Crippen molar-refractivity contribution in [3.8, 4) is 28.6 Å². The van der Waals surface area contributed by atoms with Crippen LogP contribution in [-0.4, -0.2) is 20.2 Å². The molecule has 0 radical (unpaired) electrons. The number of halogens is 1. The minimum atomic E-state index is 0.0564. The molecule has 3 aromatic rings. The van der Waals surface area contributed by atoms with E-state index in [0.717, 1.165) is 10.0 Å². The van der Waals surface area contributed by atoms with Crippen LogP contribution in [0.2, 0.25) is 0 Å². The fraction of sp³-hybridized carbons (Fsp3) is 0. The Hall–Kier alpha value is -2.21. The molecule has 19 heavy (non-hydrogen) atoms. The molecular weight excluding hydrogens is 310 g/mol. The quantitative estimate of drug-likeness (QED) is 0.785. The second-order valence-electron chi connectivity index (χ2n) is 3.86. The Balaban J connectivity index is 1.97. The van der Waals surface area contributed by atoms with Crippen LogP contribution in [0, 0.1) is 0 Å². The summed E-state index contributed by atoms with van der Waals surface area (Å²) < 4.78 is 6.15. The van der Waals surface area contributed by atoms with Crippen molar-refractivity contribution in [2.24, 2.45) is 0 Å². The van der Waals surface area contributed by atoms with Crippen LogP contribution in [0.3, 0.4) is 0 Å². The molecule has 2 heterocycles. The Labute approximate surface area is 117 Å². The number of aromatic nitrogens is 3. The topological polar surface area (TPSA) is 72.0 Å². The lowest BCUT2D eigenvalue weighted by molar-refractivity contribution is 0.431. The fourth-order valence-corrected chi connectivity index (χ4v) is 1.87. The van der Waals surface area contributed by atoms with Crippen molar-refractivity contribution < 1.29 is 9.63 Å². The van der Waals surface area contributed by atoms with Gasteiger partial charge in [0.2, 0.25) is 5.82 Å². The SMILES string of the molecule is Oc1cncc(-c2nc(-c3ccc(Br)cc3)no2)c1. The summed E-state index contributed by atoms with van der Waals surface area (Å²) in [7, 11) is 0. The molecule has 6 heteroatoms. The first-order chi connectivity index (χ1) is 9.22. The molecule has 0 unspecified atom stereocenters. The van der Waals surface area contributed by atoms with Gasteiger partial charge in [0.05, 0.1) is 11.8 Å². The molecule has 1 N–H and O–H groups in total. The molecule has 5 nitrogen and oxygen atoms in total. The number of nitrogens with zero attached hydrogens (tertiary/aromatic N) is 3. The normalized spacial score (nSPS) is 10.6. The lowest BCUT2D eigenvalue weighted by atomic mass is 10.2. The summed E-state index contributed by atoms with van der Waals surface area (Å²) in [5.74, 6) is 0.869. The second-order valence-corrected chi connectivity index (χ2v) is 4.78. The molecule has 1 aromatic carbocycles. The van der Waals surface area contributed by atoms with E-state index in [4.69, 9.17) is 4.52 Å². The van der Waals surface area contributed by atoms with Crippen molar-refractivity contribution >= 4 is 15.9 Å². The molecule has 0 aliphatic heterocycles. The van der Waals surface area contributed by atoms with Crippen LogP contribution in [0.25, 0.3) is 22.8 Å². The summed E-state index contributed by atoms with van der Waals surface area (Å²) in [6, 6.07) is 9.10. The molecule has 0 aliphatic carbocycles. The molecule has 0 saturated heterocycles. The molecule has 0 bridgehead atoms. The molecule has 0 saturated carbocycles. The fourth-order valence-electron chi connectivity index (χ4n) is 1.60. The van der Waals surface area contributed by atoms with Crippen molar-refractivity contribution in [3.05, 3.63) is 47.2 Å². The van der Waals surface area contributed by atoms with E-state index in [1.807, 2.05) is 24.3 Å². The zero-order chi connectivity index (χ0) is 13.2. The van der Waals surface area contributed by atoms with Crippen LogP contribution in [0.5, 0.6) is 5.75 Å². The number of aromatic hydroxyl groups is 1. The van der Waals surface area contributed by atoms with E-state index in [2.05, 4.69) is 31.1 Å². The average Bonchev–Trinajstić information content (AvgIpc) is 2.89. The molecule has 0 fully saturated rings. The van der Waals surface area contributed by atoms with E-state index in [-0.39, 0.29) is 5.75 Å². The van der Waals surface area contributed by atoms with E-state index in [1.54, 1.807) is 6.20 Å². The van der Waals surface area contributed by atoms with Crippen molar-refractivity contribution in [1.29, 1.82) is 0 Å². The lowest BCUT2D eigenvalue weighted by Gasteiger charge is -1.94. The van der Waals surface area contributed by atoms with Gasteiger partial charge in [-0.05, 0) is 30.3 Å². The summed E-state index contributed by atoms with van der Waals surface area (Å²) in [4.78, 5) is 8.15.